The second-order valence-corrected chi connectivity index (χ2v) is 6.56. The summed E-state index contributed by atoms with van der Waals surface area (Å²) in [5.74, 6) is -0.413. The van der Waals surface area contributed by atoms with Gasteiger partial charge in [0, 0.05) is 35.8 Å². The number of benzene rings is 1. The van der Waals surface area contributed by atoms with Crippen molar-refractivity contribution >= 4 is 39.2 Å². The van der Waals surface area contributed by atoms with Gasteiger partial charge in [0.25, 0.3) is 0 Å². The highest BCUT2D eigenvalue weighted by Crippen LogP contribution is 2.20. The van der Waals surface area contributed by atoms with Gasteiger partial charge in [0.05, 0.1) is 5.69 Å². The molecule has 0 saturated carbocycles. The number of fused-ring (bicyclic) bond motifs is 1. The summed E-state index contributed by atoms with van der Waals surface area (Å²) in [6, 6.07) is 8.12. The molecule has 0 aliphatic heterocycles. The van der Waals surface area contributed by atoms with Gasteiger partial charge >= 0.3 is 5.97 Å². The number of hydrogen-bond acceptors (Lipinski definition) is 5. The average Bonchev–Trinajstić information content (AvgIpc) is 3.20. The van der Waals surface area contributed by atoms with Gasteiger partial charge < -0.3 is 15.0 Å². The molecule has 7 heteroatoms. The van der Waals surface area contributed by atoms with Crippen molar-refractivity contribution in [2.45, 2.75) is 32.8 Å². The molecule has 2 heterocycles. The summed E-state index contributed by atoms with van der Waals surface area (Å²) in [6.07, 6.45) is 3.91. The molecule has 6 nitrogen and oxygen atoms in total. The quantitative estimate of drug-likeness (QED) is 0.632. The topological polar surface area (TPSA) is 84.1 Å². The van der Waals surface area contributed by atoms with Crippen molar-refractivity contribution in [2.24, 2.45) is 0 Å². The Morgan fingerprint density at radius 1 is 1.32 bits per heavy atom. The molecule has 3 rings (SSSR count). The number of para-hydroxylation sites is 1. The number of anilines is 1. The van der Waals surface area contributed by atoms with Gasteiger partial charge in [-0.25, -0.2) is 4.98 Å². The Morgan fingerprint density at radius 3 is 3.00 bits per heavy atom. The Labute approximate surface area is 149 Å². The normalized spacial score (nSPS) is 10.8. The first-order valence-electron chi connectivity index (χ1n) is 8.04. The molecule has 0 spiro atoms. The van der Waals surface area contributed by atoms with Crippen LogP contribution in [0.5, 0.6) is 0 Å². The highest BCUT2D eigenvalue weighted by molar-refractivity contribution is 7.13. The van der Waals surface area contributed by atoms with E-state index in [1.54, 1.807) is 5.38 Å². The lowest BCUT2D eigenvalue weighted by Crippen LogP contribution is -2.07. The zero-order valence-corrected chi connectivity index (χ0v) is 14.7. The molecular weight excluding hydrogens is 338 g/mol. The predicted octanol–water partition coefficient (Wildman–Crippen LogP) is 3.65. The molecule has 0 saturated heterocycles. The molecule has 2 aromatic heterocycles. The molecule has 2 N–H and O–H groups in total. The van der Waals surface area contributed by atoms with Crippen molar-refractivity contribution in [1.29, 1.82) is 0 Å². The van der Waals surface area contributed by atoms with Gasteiger partial charge in [-0.3, -0.25) is 9.59 Å². The number of rotatable bonds is 7. The average molecular weight is 357 g/mol. The summed E-state index contributed by atoms with van der Waals surface area (Å²) in [5, 5.41) is 6.08. The number of esters is 1. The number of hydrogen-bond donors (Lipinski definition) is 2. The Kier molecular flexibility index (Phi) is 5.45. The summed E-state index contributed by atoms with van der Waals surface area (Å²) in [4.78, 5) is 30.2. The molecule has 25 heavy (non-hydrogen) atoms. The summed E-state index contributed by atoms with van der Waals surface area (Å²) in [5.41, 5.74) is 2.96. The maximum Gasteiger partial charge on any atom is 0.306 e. The highest BCUT2D eigenvalue weighted by Gasteiger charge is 2.09. The van der Waals surface area contributed by atoms with Gasteiger partial charge in [0.1, 0.15) is 6.61 Å². The van der Waals surface area contributed by atoms with E-state index in [-0.39, 0.29) is 18.5 Å². The molecule has 0 bridgehead atoms. The molecule has 3 aromatic rings. The first-order chi connectivity index (χ1) is 12.1. The molecule has 0 aliphatic rings. The minimum absolute atomic E-state index is 0.127. The minimum atomic E-state index is -0.242. The number of aryl methyl sites for hydroxylation is 1. The van der Waals surface area contributed by atoms with Crippen molar-refractivity contribution in [2.75, 3.05) is 5.32 Å². The number of carbonyl (C=O) groups is 2. The molecule has 0 fully saturated rings. The molecule has 130 valence electrons. The van der Waals surface area contributed by atoms with E-state index >= 15 is 0 Å². The second-order valence-electron chi connectivity index (χ2n) is 5.70. The smallest absolute Gasteiger partial charge is 0.306 e. The summed E-state index contributed by atoms with van der Waals surface area (Å²) in [6.45, 7) is 1.55. The fourth-order valence-corrected chi connectivity index (χ4v) is 3.31. The van der Waals surface area contributed by atoms with E-state index < -0.39 is 0 Å². The highest BCUT2D eigenvalue weighted by atomic mass is 32.1. The Bertz CT molecular complexity index is 884. The maximum atomic E-state index is 11.9. The van der Waals surface area contributed by atoms with Crippen molar-refractivity contribution in [1.82, 2.24) is 9.97 Å². The number of aromatic nitrogens is 2. The largest absolute Gasteiger partial charge is 0.459 e. The van der Waals surface area contributed by atoms with Crippen LogP contribution in [0.15, 0.2) is 35.8 Å². The lowest BCUT2D eigenvalue weighted by molar-refractivity contribution is -0.145. The second kappa shape index (κ2) is 7.94. The fraction of sp³-hybridized carbons (Fsp3) is 0.278. The number of carbonyl (C=O) groups excluding carboxylic acids is 2. The Morgan fingerprint density at radius 2 is 2.16 bits per heavy atom. The Hall–Kier alpha value is -2.67. The number of aromatic amines is 1. The molecule has 0 unspecified atom stereocenters. The van der Waals surface area contributed by atoms with Gasteiger partial charge in [-0.15, -0.1) is 11.3 Å². The van der Waals surface area contributed by atoms with Crippen LogP contribution in [0.25, 0.3) is 10.9 Å². The van der Waals surface area contributed by atoms with Crippen molar-refractivity contribution < 1.29 is 14.3 Å². The number of nitrogens with one attached hydrogen (secondary N) is 2. The fourth-order valence-electron chi connectivity index (χ4n) is 2.57. The van der Waals surface area contributed by atoms with E-state index in [0.29, 0.717) is 17.2 Å². The van der Waals surface area contributed by atoms with Crippen LogP contribution in [-0.2, 0) is 27.4 Å². The van der Waals surface area contributed by atoms with Crippen LogP contribution >= 0.6 is 11.3 Å². The number of thiazole rings is 1. The summed E-state index contributed by atoms with van der Waals surface area (Å²) < 4.78 is 5.24. The van der Waals surface area contributed by atoms with Crippen LogP contribution in [-0.4, -0.2) is 21.8 Å². The third kappa shape index (κ3) is 4.67. The van der Waals surface area contributed by atoms with E-state index in [0.717, 1.165) is 18.4 Å². The zero-order chi connectivity index (χ0) is 17.6. The predicted molar refractivity (Wildman–Crippen MR) is 97.5 cm³/mol. The van der Waals surface area contributed by atoms with Crippen molar-refractivity contribution in [3.63, 3.8) is 0 Å². The van der Waals surface area contributed by atoms with Crippen LogP contribution in [0.2, 0.25) is 0 Å². The van der Waals surface area contributed by atoms with Crippen LogP contribution in [0, 0.1) is 0 Å². The van der Waals surface area contributed by atoms with E-state index in [2.05, 4.69) is 21.4 Å². The molecule has 0 atom stereocenters. The van der Waals surface area contributed by atoms with Crippen molar-refractivity contribution in [3.05, 3.63) is 47.1 Å². The van der Waals surface area contributed by atoms with E-state index in [1.807, 2.05) is 24.4 Å². The first-order valence-corrected chi connectivity index (χ1v) is 8.92. The molecule has 0 radical (unpaired) electrons. The third-order valence-corrected chi connectivity index (χ3v) is 4.52. The third-order valence-electron chi connectivity index (χ3n) is 3.72. The number of amides is 1. The van der Waals surface area contributed by atoms with E-state index in [9.17, 15) is 9.59 Å². The SMILES string of the molecule is CC(=O)Nc1nc(COC(=O)CCCc2c[nH]c3ccccc23)cs1. The number of nitrogens with zero attached hydrogens (tertiary/aromatic N) is 1. The van der Waals surface area contributed by atoms with Crippen LogP contribution in [0.3, 0.4) is 0 Å². The van der Waals surface area contributed by atoms with Gasteiger partial charge in [-0.2, -0.15) is 0 Å². The number of ether oxygens (including phenoxy) is 1. The molecule has 1 aromatic carbocycles. The summed E-state index contributed by atoms with van der Waals surface area (Å²) >= 11 is 1.31. The van der Waals surface area contributed by atoms with Crippen molar-refractivity contribution in [3.8, 4) is 0 Å². The zero-order valence-electron chi connectivity index (χ0n) is 13.9. The van der Waals surface area contributed by atoms with Gasteiger partial charge in [0.15, 0.2) is 5.13 Å². The van der Waals surface area contributed by atoms with Crippen LogP contribution in [0.4, 0.5) is 5.13 Å². The first kappa shape index (κ1) is 17.2. The lowest BCUT2D eigenvalue weighted by Gasteiger charge is -2.03. The lowest BCUT2D eigenvalue weighted by atomic mass is 10.1. The molecule has 0 aliphatic carbocycles. The van der Waals surface area contributed by atoms with E-state index in [1.165, 1.54) is 29.2 Å². The van der Waals surface area contributed by atoms with Gasteiger partial charge in [-0.1, -0.05) is 18.2 Å². The maximum absolute atomic E-state index is 11.9. The van der Waals surface area contributed by atoms with Crippen LogP contribution < -0.4 is 5.32 Å². The van der Waals surface area contributed by atoms with Crippen LogP contribution in [0.1, 0.15) is 31.0 Å². The molecular formula is C18H19N3O3S. The molecule has 1 amide bonds. The monoisotopic (exact) mass is 357 g/mol. The minimum Gasteiger partial charge on any atom is -0.459 e. The van der Waals surface area contributed by atoms with E-state index in [4.69, 9.17) is 4.74 Å². The Balaban J connectivity index is 1.42. The summed E-state index contributed by atoms with van der Waals surface area (Å²) in [7, 11) is 0. The van der Waals surface area contributed by atoms with Gasteiger partial charge in [0.2, 0.25) is 5.91 Å². The standard InChI is InChI=1S/C18H19N3O3S/c1-12(22)20-18-21-14(11-25-18)10-24-17(23)8-4-5-13-9-19-16-7-3-2-6-15(13)16/h2-3,6-7,9,11,19H,4-5,8,10H2,1H3,(H,20,21,22). The van der Waals surface area contributed by atoms with Gasteiger partial charge in [-0.05, 0) is 24.5 Å². The number of H-pyrrole nitrogens is 1.